The highest BCUT2D eigenvalue weighted by molar-refractivity contribution is 6.58. The van der Waals surface area contributed by atoms with Crippen LogP contribution in [0, 0.1) is 0 Å². The van der Waals surface area contributed by atoms with E-state index in [9.17, 15) is 14.8 Å². The number of nitrogens with zero attached hydrogens (tertiary/aromatic N) is 5. The first kappa shape index (κ1) is 21.9. The summed E-state index contributed by atoms with van der Waals surface area (Å²) in [5.41, 5.74) is 10.3. The fourth-order valence-corrected chi connectivity index (χ4v) is 4.34. The summed E-state index contributed by atoms with van der Waals surface area (Å²) in [6, 6.07) is 12.4. The number of fused-ring (bicyclic) bond motifs is 2. The number of benzene rings is 1. The van der Waals surface area contributed by atoms with Gasteiger partial charge in [0.25, 0.3) is 5.91 Å². The lowest BCUT2D eigenvalue weighted by Gasteiger charge is -2.29. The summed E-state index contributed by atoms with van der Waals surface area (Å²) in [5.74, 6) is 0.588. The van der Waals surface area contributed by atoms with Crippen molar-refractivity contribution in [3.63, 3.8) is 0 Å². The zero-order valence-electron chi connectivity index (χ0n) is 18.6. The number of imidazole rings is 1. The molecule has 0 radical (unpaired) electrons. The van der Waals surface area contributed by atoms with E-state index in [0.29, 0.717) is 40.6 Å². The third-order valence-corrected chi connectivity index (χ3v) is 5.99. The average molecular weight is 457 g/mol. The van der Waals surface area contributed by atoms with Gasteiger partial charge in [-0.25, -0.2) is 15.0 Å². The number of carbonyl (C=O) groups excluding carboxylic acids is 1. The predicted octanol–water partition coefficient (Wildman–Crippen LogP) is 0.564. The van der Waals surface area contributed by atoms with Crippen LogP contribution in [-0.2, 0) is 13.0 Å². The number of nitrogens with one attached hydrogen (secondary N) is 1. The van der Waals surface area contributed by atoms with Gasteiger partial charge >= 0.3 is 7.12 Å². The van der Waals surface area contributed by atoms with E-state index in [4.69, 9.17) is 15.7 Å². The van der Waals surface area contributed by atoms with Gasteiger partial charge in [-0.2, -0.15) is 0 Å². The molecule has 5 N–H and O–H groups in total. The summed E-state index contributed by atoms with van der Waals surface area (Å²) in [7, 11) is 0.490. The molecule has 0 saturated carbocycles. The maximum atomic E-state index is 11.8. The minimum absolute atomic E-state index is 0.332. The summed E-state index contributed by atoms with van der Waals surface area (Å²) >= 11 is 0. The minimum atomic E-state index is -1.52. The molecule has 4 aromatic rings. The van der Waals surface area contributed by atoms with Crippen molar-refractivity contribution in [1.29, 1.82) is 0 Å². The van der Waals surface area contributed by atoms with Crippen molar-refractivity contribution in [2.45, 2.75) is 19.4 Å². The molecule has 11 heteroatoms. The van der Waals surface area contributed by atoms with Crippen molar-refractivity contribution >= 4 is 35.5 Å². The first-order valence-corrected chi connectivity index (χ1v) is 11.0. The molecule has 0 fully saturated rings. The van der Waals surface area contributed by atoms with E-state index < -0.39 is 13.0 Å². The zero-order valence-corrected chi connectivity index (χ0v) is 18.6. The largest absolute Gasteiger partial charge is 0.488 e. The molecule has 0 atom stereocenters. The molecule has 1 amide bonds. The summed E-state index contributed by atoms with van der Waals surface area (Å²) in [5, 5.41) is 22.4. The average Bonchev–Trinajstić information content (AvgIpc) is 3.27. The Morgan fingerprint density at radius 3 is 2.82 bits per heavy atom. The standard InChI is InChI=1S/C23H24BN7O3/c1-30-10-4-7-16-20(30)23(26-12-14-5-2-6-15(11-14)24(33)34)29-22(28-16)19-17-8-3-9-18(21(25)32)31(17)13-27-19/h2-3,5-6,8-9,11,13,33-34H,4,7,10,12H2,1H3,(H2,25,32)(H,26,28,29). The smallest absolute Gasteiger partial charge is 0.423 e. The molecule has 10 nitrogen and oxygen atoms in total. The van der Waals surface area contributed by atoms with Crippen molar-refractivity contribution in [3.05, 3.63) is 65.7 Å². The van der Waals surface area contributed by atoms with E-state index in [0.717, 1.165) is 36.3 Å². The Bertz CT molecular complexity index is 1390. The SMILES string of the molecule is CN1CCCc2nc(-c3ncn4c(C(N)=O)cccc34)nc(NCc3cccc(B(O)O)c3)c21. The van der Waals surface area contributed by atoms with Crippen LogP contribution in [0.4, 0.5) is 11.5 Å². The molecule has 172 valence electrons. The maximum Gasteiger partial charge on any atom is 0.488 e. The van der Waals surface area contributed by atoms with Gasteiger partial charge < -0.3 is 26.0 Å². The van der Waals surface area contributed by atoms with Crippen LogP contribution in [0.1, 0.15) is 28.2 Å². The molecule has 1 aromatic carbocycles. The van der Waals surface area contributed by atoms with Gasteiger partial charge in [-0.15, -0.1) is 0 Å². The Labute approximate surface area is 196 Å². The van der Waals surface area contributed by atoms with Crippen molar-refractivity contribution in [2.24, 2.45) is 5.73 Å². The molecule has 1 aliphatic heterocycles. The minimum Gasteiger partial charge on any atom is -0.423 e. The first-order chi connectivity index (χ1) is 16.4. The second-order valence-corrected chi connectivity index (χ2v) is 8.31. The van der Waals surface area contributed by atoms with Gasteiger partial charge in [0.2, 0.25) is 0 Å². The molecule has 0 unspecified atom stereocenters. The second kappa shape index (κ2) is 8.77. The van der Waals surface area contributed by atoms with Crippen molar-refractivity contribution in [2.75, 3.05) is 23.8 Å². The topological polar surface area (TPSA) is 142 Å². The van der Waals surface area contributed by atoms with Gasteiger partial charge in [0.1, 0.15) is 23.4 Å². The quantitative estimate of drug-likeness (QED) is 0.308. The number of hydrogen-bond acceptors (Lipinski definition) is 8. The van der Waals surface area contributed by atoms with E-state index >= 15 is 0 Å². The Hall–Kier alpha value is -3.96. The lowest BCUT2D eigenvalue weighted by molar-refractivity contribution is 0.0994. The predicted molar refractivity (Wildman–Crippen MR) is 130 cm³/mol. The summed E-state index contributed by atoms with van der Waals surface area (Å²) in [6.45, 7) is 1.33. The molecule has 0 spiro atoms. The highest BCUT2D eigenvalue weighted by Crippen LogP contribution is 2.34. The van der Waals surface area contributed by atoms with Crippen LogP contribution in [0.25, 0.3) is 17.0 Å². The van der Waals surface area contributed by atoms with E-state index in [1.165, 1.54) is 0 Å². The van der Waals surface area contributed by atoms with Gasteiger partial charge in [-0.05, 0) is 36.0 Å². The number of aryl methyl sites for hydroxylation is 1. The zero-order chi connectivity index (χ0) is 23.8. The highest BCUT2D eigenvalue weighted by Gasteiger charge is 2.24. The number of primary amides is 1. The number of pyridine rings is 1. The normalized spacial score (nSPS) is 13.1. The van der Waals surface area contributed by atoms with Crippen LogP contribution in [0.5, 0.6) is 0 Å². The van der Waals surface area contributed by atoms with Gasteiger partial charge in [0.15, 0.2) is 11.6 Å². The van der Waals surface area contributed by atoms with E-state index in [1.807, 2.05) is 19.2 Å². The number of amides is 1. The molecule has 5 rings (SSSR count). The van der Waals surface area contributed by atoms with Gasteiger partial charge in [-0.1, -0.05) is 30.3 Å². The monoisotopic (exact) mass is 457 g/mol. The third kappa shape index (κ3) is 3.95. The van der Waals surface area contributed by atoms with Crippen LogP contribution in [-0.4, -0.2) is 56.0 Å². The molecule has 0 bridgehead atoms. The van der Waals surface area contributed by atoms with Crippen LogP contribution in [0.2, 0.25) is 0 Å². The number of nitrogens with two attached hydrogens (primary N) is 1. The molecule has 0 saturated heterocycles. The van der Waals surface area contributed by atoms with Gasteiger partial charge in [0.05, 0.1) is 11.2 Å². The van der Waals surface area contributed by atoms with Crippen LogP contribution in [0.3, 0.4) is 0 Å². The van der Waals surface area contributed by atoms with Gasteiger partial charge in [-0.3, -0.25) is 9.20 Å². The first-order valence-electron chi connectivity index (χ1n) is 11.0. The van der Waals surface area contributed by atoms with Crippen LogP contribution < -0.4 is 21.4 Å². The second-order valence-electron chi connectivity index (χ2n) is 8.31. The Balaban J connectivity index is 1.56. The Morgan fingerprint density at radius 2 is 2.03 bits per heavy atom. The molecule has 34 heavy (non-hydrogen) atoms. The number of carbonyl (C=O) groups is 1. The van der Waals surface area contributed by atoms with Crippen molar-refractivity contribution < 1.29 is 14.8 Å². The molecular formula is C23H24BN7O3. The number of aromatic nitrogens is 4. The fourth-order valence-electron chi connectivity index (χ4n) is 4.34. The molecular weight excluding hydrogens is 433 g/mol. The maximum absolute atomic E-state index is 11.8. The Morgan fingerprint density at radius 1 is 1.21 bits per heavy atom. The molecule has 4 heterocycles. The lowest BCUT2D eigenvalue weighted by atomic mass is 9.80. The van der Waals surface area contributed by atoms with Gasteiger partial charge in [0, 0.05) is 20.1 Å². The lowest BCUT2D eigenvalue weighted by Crippen LogP contribution is -2.30. The van der Waals surface area contributed by atoms with Crippen LogP contribution >= 0.6 is 0 Å². The number of anilines is 2. The number of rotatable bonds is 6. The highest BCUT2D eigenvalue weighted by atomic mass is 16.4. The van der Waals surface area contributed by atoms with Crippen molar-refractivity contribution in [1.82, 2.24) is 19.4 Å². The summed E-state index contributed by atoms with van der Waals surface area (Å²) in [6.07, 6.45) is 3.35. The molecule has 3 aromatic heterocycles. The third-order valence-electron chi connectivity index (χ3n) is 5.99. The molecule has 1 aliphatic rings. The van der Waals surface area contributed by atoms with E-state index in [-0.39, 0.29) is 0 Å². The summed E-state index contributed by atoms with van der Waals surface area (Å²) in [4.78, 5) is 28.1. The van der Waals surface area contributed by atoms with E-state index in [1.54, 1.807) is 41.1 Å². The summed E-state index contributed by atoms with van der Waals surface area (Å²) < 4.78 is 1.64. The number of hydrogen-bond donors (Lipinski definition) is 4. The van der Waals surface area contributed by atoms with Crippen molar-refractivity contribution in [3.8, 4) is 11.5 Å². The van der Waals surface area contributed by atoms with Crippen LogP contribution in [0.15, 0.2) is 48.8 Å². The van der Waals surface area contributed by atoms with E-state index in [2.05, 4.69) is 15.2 Å². The fraction of sp³-hybridized carbons (Fsp3) is 0.217. The molecule has 0 aliphatic carbocycles. The Kier molecular flexibility index (Phi) is 5.64.